The minimum absolute atomic E-state index is 0.0301. The van der Waals surface area contributed by atoms with Gasteiger partial charge in [0.2, 0.25) is 5.91 Å². The molecule has 1 aliphatic rings. The van der Waals surface area contributed by atoms with Gasteiger partial charge in [0, 0.05) is 6.54 Å². The van der Waals surface area contributed by atoms with E-state index >= 15 is 0 Å². The highest BCUT2D eigenvalue weighted by molar-refractivity contribution is 7.99. The molecule has 10 heteroatoms. The molecule has 152 valence electrons. The number of aryl methyl sites for hydroxylation is 2. The zero-order chi connectivity index (χ0) is 20.2. The van der Waals surface area contributed by atoms with E-state index in [1.54, 1.807) is 18.2 Å². The van der Waals surface area contributed by atoms with E-state index < -0.39 is 0 Å². The van der Waals surface area contributed by atoms with Crippen molar-refractivity contribution in [3.63, 3.8) is 0 Å². The molecule has 0 aliphatic carbocycles. The first-order valence-corrected chi connectivity index (χ1v) is 10.4. The molecule has 4 rings (SSSR count). The van der Waals surface area contributed by atoms with Crippen molar-refractivity contribution in [3.8, 4) is 5.69 Å². The molecule has 1 aromatic carbocycles. The molecule has 0 saturated carbocycles. The number of benzene rings is 1. The van der Waals surface area contributed by atoms with Crippen LogP contribution in [-0.4, -0.2) is 61.2 Å². The van der Waals surface area contributed by atoms with Crippen molar-refractivity contribution in [3.05, 3.63) is 47.9 Å². The summed E-state index contributed by atoms with van der Waals surface area (Å²) < 4.78 is 12.7. The Hall–Kier alpha value is -2.72. The van der Waals surface area contributed by atoms with Gasteiger partial charge in [-0.2, -0.15) is 4.98 Å². The number of carbonyl (C=O) groups is 1. The third kappa shape index (κ3) is 4.18. The molecule has 1 saturated heterocycles. The van der Waals surface area contributed by atoms with Crippen LogP contribution in [0.15, 0.2) is 40.3 Å². The molecule has 9 nitrogen and oxygen atoms in total. The molecule has 0 radical (unpaired) electrons. The summed E-state index contributed by atoms with van der Waals surface area (Å²) in [6, 6.07) is 7.75. The molecule has 0 bridgehead atoms. The Balaban J connectivity index is 1.48. The molecule has 1 aliphatic heterocycles. The van der Waals surface area contributed by atoms with E-state index in [0.717, 1.165) is 12.1 Å². The summed E-state index contributed by atoms with van der Waals surface area (Å²) in [5.41, 5.74) is 2.22. The minimum Gasteiger partial charge on any atom is -0.377 e. The van der Waals surface area contributed by atoms with Crippen molar-refractivity contribution in [1.82, 2.24) is 29.8 Å². The monoisotopic (exact) mass is 414 g/mol. The van der Waals surface area contributed by atoms with Gasteiger partial charge in [-0.3, -0.25) is 9.36 Å². The second-order valence-electron chi connectivity index (χ2n) is 6.61. The normalized spacial score (nSPS) is 16.9. The van der Waals surface area contributed by atoms with E-state index in [0.29, 0.717) is 36.6 Å². The highest BCUT2D eigenvalue weighted by Crippen LogP contribution is 2.26. The first-order valence-electron chi connectivity index (χ1n) is 9.46. The fourth-order valence-corrected chi connectivity index (χ4v) is 4.11. The van der Waals surface area contributed by atoms with Gasteiger partial charge >= 0.3 is 0 Å². The van der Waals surface area contributed by atoms with Crippen LogP contribution in [0, 0.1) is 6.92 Å². The van der Waals surface area contributed by atoms with Crippen LogP contribution in [0.25, 0.3) is 5.69 Å². The zero-order valence-electron chi connectivity index (χ0n) is 16.3. The number of para-hydroxylation sites is 1. The van der Waals surface area contributed by atoms with E-state index in [-0.39, 0.29) is 17.7 Å². The average Bonchev–Trinajstić information content (AvgIpc) is 3.40. The van der Waals surface area contributed by atoms with Crippen LogP contribution in [-0.2, 0) is 16.0 Å². The maximum Gasteiger partial charge on any atom is 0.251 e. The van der Waals surface area contributed by atoms with Crippen LogP contribution in [0.5, 0.6) is 0 Å². The van der Waals surface area contributed by atoms with Gasteiger partial charge in [0.25, 0.3) is 5.89 Å². The maximum absolute atomic E-state index is 13.0. The summed E-state index contributed by atoms with van der Waals surface area (Å²) in [7, 11) is 0. The second-order valence-corrected chi connectivity index (χ2v) is 7.55. The Morgan fingerprint density at radius 1 is 1.34 bits per heavy atom. The number of aromatic nitrogens is 5. The van der Waals surface area contributed by atoms with E-state index in [2.05, 4.69) is 33.3 Å². The standard InChI is InChI=1S/C19H22N6O3S/c1-3-14-6-4-5-7-15(14)25-12-20-22-19(25)29-11-17(26)24-8-9-27-10-16(24)18-21-13(2)23-28-18/h4-7,12,16H,3,8-11H2,1-2H3. The number of carbonyl (C=O) groups excluding carboxylic acids is 1. The molecule has 1 fully saturated rings. The van der Waals surface area contributed by atoms with Gasteiger partial charge in [-0.05, 0) is 25.0 Å². The zero-order valence-corrected chi connectivity index (χ0v) is 17.1. The smallest absolute Gasteiger partial charge is 0.251 e. The Labute approximate surface area is 172 Å². The van der Waals surface area contributed by atoms with Gasteiger partial charge in [0.15, 0.2) is 11.0 Å². The van der Waals surface area contributed by atoms with Crippen LogP contribution in [0.2, 0.25) is 0 Å². The van der Waals surface area contributed by atoms with Crippen molar-refractivity contribution < 1.29 is 14.1 Å². The SMILES string of the molecule is CCc1ccccc1-n1cnnc1SCC(=O)N1CCOCC1c1nc(C)no1. The fourth-order valence-electron chi connectivity index (χ4n) is 3.30. The maximum atomic E-state index is 13.0. The highest BCUT2D eigenvalue weighted by Gasteiger charge is 2.32. The van der Waals surface area contributed by atoms with Crippen LogP contribution >= 0.6 is 11.8 Å². The molecular weight excluding hydrogens is 392 g/mol. The average molecular weight is 414 g/mol. The van der Waals surface area contributed by atoms with E-state index in [4.69, 9.17) is 9.26 Å². The molecule has 1 unspecified atom stereocenters. The molecule has 2 aromatic heterocycles. The van der Waals surface area contributed by atoms with Crippen molar-refractivity contribution in [1.29, 1.82) is 0 Å². The lowest BCUT2D eigenvalue weighted by Gasteiger charge is -2.33. The molecule has 1 amide bonds. The van der Waals surface area contributed by atoms with Crippen LogP contribution in [0.3, 0.4) is 0 Å². The summed E-state index contributed by atoms with van der Waals surface area (Å²) in [5, 5.41) is 12.8. The lowest BCUT2D eigenvalue weighted by Crippen LogP contribution is -2.44. The summed E-state index contributed by atoms with van der Waals surface area (Å²) in [4.78, 5) is 19.0. The molecular formula is C19H22N6O3S. The topological polar surface area (TPSA) is 99.2 Å². The summed E-state index contributed by atoms with van der Waals surface area (Å²) in [6.07, 6.45) is 2.58. The van der Waals surface area contributed by atoms with Crippen molar-refractivity contribution in [2.24, 2.45) is 0 Å². The number of hydrogen-bond donors (Lipinski definition) is 0. The number of hydrogen-bond acceptors (Lipinski definition) is 8. The second kappa shape index (κ2) is 8.75. The Kier molecular flexibility index (Phi) is 5.91. The third-order valence-corrected chi connectivity index (χ3v) is 5.68. The van der Waals surface area contributed by atoms with Crippen LogP contribution in [0.4, 0.5) is 0 Å². The van der Waals surface area contributed by atoms with E-state index in [9.17, 15) is 4.79 Å². The third-order valence-electron chi connectivity index (χ3n) is 4.75. The number of nitrogens with zero attached hydrogens (tertiary/aromatic N) is 6. The lowest BCUT2D eigenvalue weighted by atomic mass is 10.1. The molecule has 0 spiro atoms. The number of morpholine rings is 1. The van der Waals surface area contributed by atoms with Gasteiger partial charge in [-0.15, -0.1) is 10.2 Å². The van der Waals surface area contributed by atoms with Gasteiger partial charge in [0.05, 0.1) is 24.7 Å². The Morgan fingerprint density at radius 2 is 2.21 bits per heavy atom. The van der Waals surface area contributed by atoms with E-state index in [1.807, 2.05) is 22.8 Å². The predicted molar refractivity (Wildman–Crippen MR) is 106 cm³/mol. The van der Waals surface area contributed by atoms with Crippen molar-refractivity contribution >= 4 is 17.7 Å². The Morgan fingerprint density at radius 3 is 3.00 bits per heavy atom. The quantitative estimate of drug-likeness (QED) is 0.566. The van der Waals surface area contributed by atoms with Crippen molar-refractivity contribution in [2.75, 3.05) is 25.5 Å². The van der Waals surface area contributed by atoms with Gasteiger partial charge < -0.3 is 14.2 Å². The summed E-state index contributed by atoms with van der Waals surface area (Å²) >= 11 is 1.36. The number of ether oxygens (including phenoxy) is 1. The summed E-state index contributed by atoms with van der Waals surface area (Å²) in [5.74, 6) is 1.14. The number of thioether (sulfide) groups is 1. The first-order chi connectivity index (χ1) is 14.2. The van der Waals surface area contributed by atoms with Gasteiger partial charge in [-0.25, -0.2) is 0 Å². The molecule has 29 heavy (non-hydrogen) atoms. The van der Waals surface area contributed by atoms with Gasteiger partial charge in [-0.1, -0.05) is 42.0 Å². The number of rotatable bonds is 6. The predicted octanol–water partition coefficient (Wildman–Crippen LogP) is 2.21. The molecule has 0 N–H and O–H groups in total. The lowest BCUT2D eigenvalue weighted by molar-refractivity contribution is -0.138. The van der Waals surface area contributed by atoms with Crippen molar-refractivity contribution in [2.45, 2.75) is 31.5 Å². The largest absolute Gasteiger partial charge is 0.377 e. The molecule has 3 heterocycles. The summed E-state index contributed by atoms with van der Waals surface area (Å²) in [6.45, 7) is 5.17. The van der Waals surface area contributed by atoms with E-state index in [1.165, 1.54) is 17.3 Å². The van der Waals surface area contributed by atoms with Gasteiger partial charge in [0.1, 0.15) is 12.4 Å². The first kappa shape index (κ1) is 19.6. The molecule has 3 aromatic rings. The van der Waals surface area contributed by atoms with Crippen LogP contribution in [0.1, 0.15) is 30.2 Å². The Bertz CT molecular complexity index is 988. The van der Waals surface area contributed by atoms with Crippen LogP contribution < -0.4 is 0 Å². The molecule has 1 atom stereocenters. The highest BCUT2D eigenvalue weighted by atomic mass is 32.2. The number of amides is 1. The fraction of sp³-hybridized carbons (Fsp3) is 0.421. The minimum atomic E-state index is -0.364.